The molecular weight excluding hydrogens is 290 g/mol. The molecule has 0 heterocycles. The van der Waals surface area contributed by atoms with Gasteiger partial charge in [-0.05, 0) is 37.5 Å². The quantitative estimate of drug-likeness (QED) is 0.929. The zero-order valence-corrected chi connectivity index (χ0v) is 11.4. The van der Waals surface area contributed by atoms with Crippen LogP contribution in [0.4, 0.5) is 0 Å². The van der Waals surface area contributed by atoms with Gasteiger partial charge in [0.2, 0.25) is 10.0 Å². The number of halogens is 1. The molecule has 1 saturated carbocycles. The van der Waals surface area contributed by atoms with Crippen LogP contribution in [0, 0.1) is 0 Å². The van der Waals surface area contributed by atoms with Gasteiger partial charge in [0.25, 0.3) is 0 Å². The zero-order chi connectivity index (χ0) is 11.8. The first kappa shape index (κ1) is 12.1. The summed E-state index contributed by atoms with van der Waals surface area (Å²) in [6, 6.07) is 7.50. The highest BCUT2D eigenvalue weighted by atomic mass is 79.9. The minimum atomic E-state index is -3.11. The van der Waals surface area contributed by atoms with Gasteiger partial charge in [-0.25, -0.2) is 13.1 Å². The third kappa shape index (κ3) is 2.84. The molecule has 88 valence electrons. The maximum atomic E-state index is 11.7. The van der Waals surface area contributed by atoms with Crippen molar-refractivity contribution >= 4 is 26.0 Å². The topological polar surface area (TPSA) is 46.2 Å². The van der Waals surface area contributed by atoms with Crippen LogP contribution in [0.2, 0.25) is 0 Å². The summed E-state index contributed by atoms with van der Waals surface area (Å²) in [5, 5.41) is -0.162. The van der Waals surface area contributed by atoms with Gasteiger partial charge < -0.3 is 0 Å². The number of hydrogen-bond acceptors (Lipinski definition) is 2. The Morgan fingerprint density at radius 1 is 1.31 bits per heavy atom. The first-order chi connectivity index (χ1) is 7.49. The summed E-state index contributed by atoms with van der Waals surface area (Å²) < 4.78 is 27.2. The van der Waals surface area contributed by atoms with Crippen LogP contribution in [0.1, 0.15) is 31.4 Å². The zero-order valence-electron chi connectivity index (χ0n) is 8.98. The van der Waals surface area contributed by atoms with Gasteiger partial charge in [-0.1, -0.05) is 28.1 Å². The van der Waals surface area contributed by atoms with Crippen LogP contribution < -0.4 is 4.72 Å². The van der Waals surface area contributed by atoms with Crippen molar-refractivity contribution in [3.8, 4) is 0 Å². The van der Waals surface area contributed by atoms with Crippen molar-refractivity contribution in [2.24, 2.45) is 0 Å². The first-order valence-corrected chi connectivity index (χ1v) is 7.59. The van der Waals surface area contributed by atoms with Crippen LogP contribution >= 0.6 is 15.9 Å². The van der Waals surface area contributed by atoms with Gasteiger partial charge in [0.15, 0.2) is 0 Å². The van der Waals surface area contributed by atoms with Gasteiger partial charge in [0, 0.05) is 10.5 Å². The van der Waals surface area contributed by atoms with Crippen LogP contribution in [0.25, 0.3) is 0 Å². The highest BCUT2D eigenvalue weighted by Crippen LogP contribution is 2.29. The molecule has 1 aromatic rings. The third-order valence-corrected chi connectivity index (χ3v) is 5.23. The maximum absolute atomic E-state index is 11.7. The van der Waals surface area contributed by atoms with Crippen LogP contribution in [0.5, 0.6) is 0 Å². The van der Waals surface area contributed by atoms with E-state index in [1.165, 1.54) is 0 Å². The van der Waals surface area contributed by atoms with Crippen molar-refractivity contribution in [1.29, 1.82) is 0 Å². The molecule has 3 nitrogen and oxygen atoms in total. The second kappa shape index (κ2) is 4.47. The Balaban J connectivity index is 2.08. The van der Waals surface area contributed by atoms with E-state index in [2.05, 4.69) is 20.7 Å². The van der Waals surface area contributed by atoms with E-state index >= 15 is 0 Å². The molecule has 1 aliphatic carbocycles. The van der Waals surface area contributed by atoms with E-state index in [-0.39, 0.29) is 11.3 Å². The monoisotopic (exact) mass is 303 g/mol. The Hall–Kier alpha value is -0.390. The summed E-state index contributed by atoms with van der Waals surface area (Å²) in [7, 11) is -3.11. The molecule has 5 heteroatoms. The molecule has 2 rings (SSSR count). The molecule has 0 amide bonds. The van der Waals surface area contributed by atoms with E-state index in [4.69, 9.17) is 0 Å². The van der Waals surface area contributed by atoms with Crippen molar-refractivity contribution in [2.45, 2.75) is 31.1 Å². The Labute approximate surface area is 104 Å². The molecule has 0 aromatic heterocycles. The largest absolute Gasteiger partial charge is 0.215 e. The summed E-state index contributed by atoms with van der Waals surface area (Å²) in [6.45, 7) is 1.86. The maximum Gasteiger partial charge on any atom is 0.215 e. The molecule has 0 saturated heterocycles. The van der Waals surface area contributed by atoms with Gasteiger partial charge in [-0.3, -0.25) is 0 Å². The van der Waals surface area contributed by atoms with E-state index in [0.717, 1.165) is 22.9 Å². The Morgan fingerprint density at radius 2 is 1.88 bits per heavy atom. The molecule has 16 heavy (non-hydrogen) atoms. The van der Waals surface area contributed by atoms with Crippen molar-refractivity contribution in [2.75, 3.05) is 0 Å². The summed E-state index contributed by atoms with van der Waals surface area (Å²) in [5.41, 5.74) is 0.979. The first-order valence-electron chi connectivity index (χ1n) is 5.25. The van der Waals surface area contributed by atoms with Gasteiger partial charge in [0.1, 0.15) is 0 Å². The van der Waals surface area contributed by atoms with Crippen molar-refractivity contribution in [3.63, 3.8) is 0 Å². The molecule has 1 atom stereocenters. The van der Waals surface area contributed by atoms with Crippen LogP contribution in [0.15, 0.2) is 28.7 Å². The van der Waals surface area contributed by atoms with Gasteiger partial charge in [-0.15, -0.1) is 0 Å². The average molecular weight is 304 g/mol. The lowest BCUT2D eigenvalue weighted by Gasteiger charge is -2.14. The van der Waals surface area contributed by atoms with Crippen LogP contribution in [-0.2, 0) is 10.0 Å². The van der Waals surface area contributed by atoms with Crippen molar-refractivity contribution < 1.29 is 8.42 Å². The minimum absolute atomic E-state index is 0.162. The predicted octanol–water partition coefficient (Wildman–Crippen LogP) is 2.59. The Morgan fingerprint density at radius 3 is 2.38 bits per heavy atom. The minimum Gasteiger partial charge on any atom is -0.212 e. The van der Waals surface area contributed by atoms with Crippen molar-refractivity contribution in [1.82, 2.24) is 4.72 Å². The summed E-state index contributed by atoms with van der Waals surface area (Å²) in [5.74, 6) is 0. The molecule has 0 aliphatic heterocycles. The summed E-state index contributed by atoms with van der Waals surface area (Å²) in [6.07, 6.45) is 1.59. The third-order valence-electron chi connectivity index (χ3n) is 2.67. The Kier molecular flexibility index (Phi) is 3.37. The number of benzene rings is 1. The number of hydrogen-bond donors (Lipinski definition) is 1. The highest BCUT2D eigenvalue weighted by Gasteiger charge is 2.36. The predicted molar refractivity (Wildman–Crippen MR) is 67.6 cm³/mol. The lowest BCUT2D eigenvalue weighted by Crippen LogP contribution is -2.29. The second-order valence-corrected chi connectivity index (χ2v) is 7.04. The standard InChI is InChI=1S/C11H14BrNO2S/c1-8(9-2-4-10(12)5-3-9)13-16(14,15)11-6-7-11/h2-5,8,11,13H,6-7H2,1H3/t8-/m1/s1. The molecule has 0 bridgehead atoms. The molecular formula is C11H14BrNO2S. The van der Waals surface area contributed by atoms with E-state index in [9.17, 15) is 8.42 Å². The number of sulfonamides is 1. The fourth-order valence-corrected chi connectivity index (χ4v) is 3.38. The fraction of sp³-hybridized carbons (Fsp3) is 0.455. The molecule has 1 aliphatic rings. The van der Waals surface area contributed by atoms with Gasteiger partial charge in [0.05, 0.1) is 5.25 Å². The molecule has 1 N–H and O–H groups in total. The Bertz CT molecular complexity index is 465. The molecule has 1 fully saturated rings. The molecule has 0 spiro atoms. The van der Waals surface area contributed by atoms with Crippen LogP contribution in [0.3, 0.4) is 0 Å². The number of rotatable bonds is 4. The highest BCUT2D eigenvalue weighted by molar-refractivity contribution is 9.10. The normalized spacial score (nSPS) is 18.4. The second-order valence-electron chi connectivity index (χ2n) is 4.14. The molecule has 0 radical (unpaired) electrons. The van der Waals surface area contributed by atoms with E-state index < -0.39 is 10.0 Å². The lowest BCUT2D eigenvalue weighted by atomic mass is 10.1. The summed E-state index contributed by atoms with van der Waals surface area (Å²) in [4.78, 5) is 0. The van der Waals surface area contributed by atoms with E-state index in [0.29, 0.717) is 0 Å². The van der Waals surface area contributed by atoms with E-state index in [1.54, 1.807) is 0 Å². The van der Waals surface area contributed by atoms with E-state index in [1.807, 2.05) is 31.2 Å². The van der Waals surface area contributed by atoms with Gasteiger partial charge in [-0.2, -0.15) is 0 Å². The fourth-order valence-electron chi connectivity index (χ4n) is 1.54. The SMILES string of the molecule is C[C@@H](NS(=O)(=O)C1CC1)c1ccc(Br)cc1. The summed E-state index contributed by atoms with van der Waals surface area (Å²) >= 11 is 3.35. The van der Waals surface area contributed by atoms with Crippen molar-refractivity contribution in [3.05, 3.63) is 34.3 Å². The average Bonchev–Trinajstić information content (AvgIpc) is 3.01. The van der Waals surface area contributed by atoms with Gasteiger partial charge >= 0.3 is 0 Å². The van der Waals surface area contributed by atoms with Crippen LogP contribution in [-0.4, -0.2) is 13.7 Å². The molecule has 0 unspecified atom stereocenters. The number of nitrogens with one attached hydrogen (secondary N) is 1. The lowest BCUT2D eigenvalue weighted by molar-refractivity contribution is 0.565. The smallest absolute Gasteiger partial charge is 0.212 e. The molecule has 1 aromatic carbocycles.